The number of benzene rings is 3. The summed E-state index contributed by atoms with van der Waals surface area (Å²) in [5.41, 5.74) is 4.90. The van der Waals surface area contributed by atoms with Gasteiger partial charge >= 0.3 is 5.97 Å². The monoisotopic (exact) mass is 327 g/mol. The van der Waals surface area contributed by atoms with Crippen LogP contribution >= 0.6 is 0 Å². The maximum absolute atomic E-state index is 12.1. The number of fused-ring (bicyclic) bond motifs is 1. The van der Waals surface area contributed by atoms with Crippen LogP contribution in [0.4, 0.5) is 0 Å². The lowest BCUT2D eigenvalue weighted by molar-refractivity contribution is 0.0603. The minimum Gasteiger partial charge on any atom is -0.465 e. The summed E-state index contributed by atoms with van der Waals surface area (Å²) < 4.78 is 6.94. The van der Waals surface area contributed by atoms with Gasteiger partial charge in [-0.1, -0.05) is 60.7 Å². The molecule has 3 nitrogen and oxygen atoms in total. The molecule has 4 aromatic rings. The number of carbonyl (C=O) groups is 1. The predicted molar refractivity (Wildman–Crippen MR) is 100 cm³/mol. The highest BCUT2D eigenvalue weighted by atomic mass is 16.5. The van der Waals surface area contributed by atoms with E-state index in [1.807, 2.05) is 53.2 Å². The summed E-state index contributed by atoms with van der Waals surface area (Å²) >= 11 is 0. The summed E-state index contributed by atoms with van der Waals surface area (Å²) in [4.78, 5) is 12.1. The number of rotatable bonds is 3. The molecule has 1 heterocycles. The molecule has 122 valence electrons. The molecule has 0 saturated carbocycles. The van der Waals surface area contributed by atoms with Gasteiger partial charge in [0, 0.05) is 17.3 Å². The van der Waals surface area contributed by atoms with Gasteiger partial charge in [0.1, 0.15) is 0 Å². The maximum atomic E-state index is 12.1. The summed E-state index contributed by atoms with van der Waals surface area (Å²) in [7, 11) is 1.41. The van der Waals surface area contributed by atoms with Gasteiger partial charge in [0.2, 0.25) is 0 Å². The quantitative estimate of drug-likeness (QED) is 0.491. The largest absolute Gasteiger partial charge is 0.465 e. The summed E-state index contributed by atoms with van der Waals surface area (Å²) in [6.45, 7) is 0. The van der Waals surface area contributed by atoms with Crippen molar-refractivity contribution in [1.29, 1.82) is 0 Å². The highest BCUT2D eigenvalue weighted by molar-refractivity contribution is 6.04. The number of hydrogen-bond acceptors (Lipinski definition) is 2. The van der Waals surface area contributed by atoms with Crippen LogP contribution in [0.1, 0.15) is 10.4 Å². The smallest absolute Gasteiger partial charge is 0.340 e. The average molecular weight is 327 g/mol. The summed E-state index contributed by atoms with van der Waals surface area (Å²) in [6.07, 6.45) is 1.84. The minimum absolute atomic E-state index is 0.323. The summed E-state index contributed by atoms with van der Waals surface area (Å²) in [5, 5.41) is 0.890. The van der Waals surface area contributed by atoms with E-state index in [0.29, 0.717) is 5.56 Å². The number of esters is 1. The van der Waals surface area contributed by atoms with Crippen molar-refractivity contribution < 1.29 is 9.53 Å². The van der Waals surface area contributed by atoms with Crippen LogP contribution in [-0.4, -0.2) is 17.6 Å². The van der Waals surface area contributed by atoms with Crippen molar-refractivity contribution in [3.8, 4) is 16.8 Å². The Morgan fingerprint density at radius 2 is 1.44 bits per heavy atom. The molecule has 0 bridgehead atoms. The Morgan fingerprint density at radius 1 is 0.800 bits per heavy atom. The molecule has 0 amide bonds. The van der Waals surface area contributed by atoms with E-state index < -0.39 is 0 Å². The van der Waals surface area contributed by atoms with Crippen LogP contribution in [0.25, 0.3) is 27.7 Å². The van der Waals surface area contributed by atoms with E-state index in [1.165, 1.54) is 12.7 Å². The highest BCUT2D eigenvalue weighted by Gasteiger charge is 2.15. The first-order valence-corrected chi connectivity index (χ1v) is 8.12. The lowest BCUT2D eigenvalue weighted by atomic mass is 10.1. The molecule has 0 N–H and O–H groups in total. The van der Waals surface area contributed by atoms with Gasteiger partial charge in [-0.2, -0.15) is 0 Å². The average Bonchev–Trinajstić information content (AvgIpc) is 3.08. The molecular weight excluding hydrogens is 310 g/mol. The van der Waals surface area contributed by atoms with Crippen molar-refractivity contribution in [2.45, 2.75) is 0 Å². The van der Waals surface area contributed by atoms with Gasteiger partial charge in [-0.3, -0.25) is 0 Å². The molecule has 0 radical (unpaired) electrons. The zero-order valence-corrected chi connectivity index (χ0v) is 13.8. The van der Waals surface area contributed by atoms with E-state index in [-0.39, 0.29) is 5.97 Å². The Morgan fingerprint density at radius 3 is 2.16 bits per heavy atom. The number of hydrogen-bond donors (Lipinski definition) is 0. The molecule has 3 heteroatoms. The first-order valence-electron chi connectivity index (χ1n) is 8.12. The van der Waals surface area contributed by atoms with Crippen molar-refractivity contribution in [3.05, 3.63) is 90.6 Å². The number of aromatic nitrogens is 1. The molecule has 25 heavy (non-hydrogen) atoms. The summed E-state index contributed by atoms with van der Waals surface area (Å²) in [6, 6.07) is 26.4. The second-order valence-corrected chi connectivity index (χ2v) is 5.83. The highest BCUT2D eigenvalue weighted by Crippen LogP contribution is 2.27. The fraction of sp³-hybridized carbons (Fsp3) is 0.0455. The number of para-hydroxylation sites is 1. The van der Waals surface area contributed by atoms with Crippen LogP contribution in [0.5, 0.6) is 0 Å². The van der Waals surface area contributed by atoms with E-state index in [0.717, 1.165) is 22.2 Å². The lowest BCUT2D eigenvalue weighted by Gasteiger charge is -2.07. The van der Waals surface area contributed by atoms with Crippen LogP contribution in [0.2, 0.25) is 0 Å². The van der Waals surface area contributed by atoms with Crippen molar-refractivity contribution in [3.63, 3.8) is 0 Å². The van der Waals surface area contributed by atoms with E-state index in [9.17, 15) is 4.79 Å². The molecule has 0 unspecified atom stereocenters. The topological polar surface area (TPSA) is 31.2 Å². The van der Waals surface area contributed by atoms with E-state index in [2.05, 4.69) is 36.4 Å². The van der Waals surface area contributed by atoms with Crippen molar-refractivity contribution in [1.82, 2.24) is 4.57 Å². The van der Waals surface area contributed by atoms with E-state index in [1.54, 1.807) is 0 Å². The first-order chi connectivity index (χ1) is 12.3. The van der Waals surface area contributed by atoms with Gasteiger partial charge < -0.3 is 9.30 Å². The van der Waals surface area contributed by atoms with Gasteiger partial charge in [-0.05, 0) is 29.3 Å². The second kappa shape index (κ2) is 6.29. The predicted octanol–water partition coefficient (Wildman–Crippen LogP) is 5.08. The van der Waals surface area contributed by atoms with Crippen LogP contribution < -0.4 is 0 Å². The summed E-state index contributed by atoms with van der Waals surface area (Å²) in [5.74, 6) is -0.323. The molecule has 4 rings (SSSR count). The third kappa shape index (κ3) is 2.70. The Kier molecular flexibility index (Phi) is 3.82. The number of ether oxygens (including phenoxy) is 1. The third-order valence-corrected chi connectivity index (χ3v) is 4.37. The second-order valence-electron chi connectivity index (χ2n) is 5.83. The molecule has 0 aliphatic heterocycles. The molecule has 0 atom stereocenters. The number of methoxy groups -OCH3 is 1. The zero-order chi connectivity index (χ0) is 17.2. The normalized spacial score (nSPS) is 10.8. The standard InChI is InChI=1S/C22H17NO2/c1-25-22(24)20-15-23(21-10-6-5-9-19(20)21)18-13-11-17(12-14-18)16-7-3-2-4-8-16/h2-15H,1H3. The third-order valence-electron chi connectivity index (χ3n) is 4.37. The van der Waals surface area contributed by atoms with Crippen LogP contribution in [0, 0.1) is 0 Å². The van der Waals surface area contributed by atoms with Crippen molar-refractivity contribution in [2.24, 2.45) is 0 Å². The Labute approximate surface area is 146 Å². The molecule has 0 aliphatic carbocycles. The SMILES string of the molecule is COC(=O)c1cn(-c2ccc(-c3ccccc3)cc2)c2ccccc12. The molecule has 0 saturated heterocycles. The van der Waals surface area contributed by atoms with Crippen LogP contribution in [-0.2, 0) is 4.74 Å². The van der Waals surface area contributed by atoms with Crippen LogP contribution in [0.15, 0.2) is 85.1 Å². The maximum Gasteiger partial charge on any atom is 0.340 e. The molecule has 0 fully saturated rings. The van der Waals surface area contributed by atoms with Gasteiger partial charge in [0.25, 0.3) is 0 Å². The molecule has 3 aromatic carbocycles. The first kappa shape index (κ1) is 15.2. The van der Waals surface area contributed by atoms with E-state index >= 15 is 0 Å². The lowest BCUT2D eigenvalue weighted by Crippen LogP contribution is -1.99. The van der Waals surface area contributed by atoms with E-state index in [4.69, 9.17) is 4.74 Å². The molecule has 0 spiro atoms. The molecular formula is C22H17NO2. The number of nitrogens with zero attached hydrogens (tertiary/aromatic N) is 1. The van der Waals surface area contributed by atoms with Crippen molar-refractivity contribution >= 4 is 16.9 Å². The molecule has 1 aromatic heterocycles. The zero-order valence-electron chi connectivity index (χ0n) is 13.8. The minimum atomic E-state index is -0.323. The van der Waals surface area contributed by atoms with Gasteiger partial charge in [-0.25, -0.2) is 4.79 Å². The fourth-order valence-corrected chi connectivity index (χ4v) is 3.11. The fourth-order valence-electron chi connectivity index (χ4n) is 3.11. The number of carbonyl (C=O) groups excluding carboxylic acids is 1. The van der Waals surface area contributed by atoms with Gasteiger partial charge in [-0.15, -0.1) is 0 Å². The molecule has 0 aliphatic rings. The van der Waals surface area contributed by atoms with Crippen LogP contribution in [0.3, 0.4) is 0 Å². The van der Waals surface area contributed by atoms with Gasteiger partial charge in [0.15, 0.2) is 0 Å². The Bertz CT molecular complexity index is 1030. The van der Waals surface area contributed by atoms with Gasteiger partial charge in [0.05, 0.1) is 18.2 Å². The Hall–Kier alpha value is -3.33. The Balaban J connectivity index is 1.81. The van der Waals surface area contributed by atoms with Crippen molar-refractivity contribution in [2.75, 3.05) is 7.11 Å².